The Labute approximate surface area is 200 Å². The summed E-state index contributed by atoms with van der Waals surface area (Å²) in [5, 5.41) is 0. The average molecular weight is 483 g/mol. The van der Waals surface area contributed by atoms with Crippen LogP contribution in [0.2, 0.25) is 0 Å². The minimum atomic E-state index is -4.04. The number of ketones is 1. The van der Waals surface area contributed by atoms with E-state index in [9.17, 15) is 12.9 Å². The SMILES string of the molecule is CC(C)CCCCCCCCCCCCCC(C(=O)[O][Ti](=[O])[OH])C(=O)c1ccc(N)cc1. The van der Waals surface area contributed by atoms with Crippen LogP contribution in [-0.2, 0) is 30.1 Å². The molecule has 0 amide bonds. The van der Waals surface area contributed by atoms with Crippen LogP contribution in [0.1, 0.15) is 108 Å². The first-order valence-corrected chi connectivity index (χ1v) is 14.1. The minimum absolute atomic E-state index is 0.323. The predicted molar refractivity (Wildman–Crippen MR) is 123 cm³/mol. The van der Waals surface area contributed by atoms with Crippen molar-refractivity contribution in [2.45, 2.75) is 97.3 Å². The molecule has 0 heterocycles. The molecule has 0 radical (unpaired) electrons. The molecule has 0 aliphatic heterocycles. The van der Waals surface area contributed by atoms with Crippen molar-refractivity contribution in [2.24, 2.45) is 11.8 Å². The molecule has 1 aromatic carbocycles. The van der Waals surface area contributed by atoms with Gasteiger partial charge in [-0.3, -0.25) is 0 Å². The Balaban J connectivity index is 2.25. The summed E-state index contributed by atoms with van der Waals surface area (Å²) >= 11 is -4.04. The van der Waals surface area contributed by atoms with E-state index in [4.69, 9.17) is 9.42 Å². The Kier molecular flexibility index (Phi) is 15.4. The second-order valence-electron chi connectivity index (χ2n) is 9.09. The second-order valence-corrected chi connectivity index (χ2v) is 10.2. The van der Waals surface area contributed by atoms with Gasteiger partial charge in [0.2, 0.25) is 0 Å². The number of carbonyl (C=O) groups is 2. The Morgan fingerprint density at radius 2 is 1.28 bits per heavy atom. The fourth-order valence-electron chi connectivity index (χ4n) is 3.85. The number of carbonyl (C=O) groups excluding carboxylic acids is 2. The van der Waals surface area contributed by atoms with Gasteiger partial charge in [0.25, 0.3) is 0 Å². The van der Waals surface area contributed by atoms with Crippen LogP contribution in [0, 0.1) is 11.8 Å². The number of unbranched alkanes of at least 4 members (excludes halogenated alkanes) is 10. The topological polar surface area (TPSA) is 107 Å². The van der Waals surface area contributed by atoms with Gasteiger partial charge >= 0.3 is 155 Å². The zero-order valence-corrected chi connectivity index (χ0v) is 21.4. The molecule has 6 nitrogen and oxygen atoms in total. The van der Waals surface area contributed by atoms with E-state index in [0.717, 1.165) is 25.2 Å². The summed E-state index contributed by atoms with van der Waals surface area (Å²) < 4.78 is 24.5. The molecule has 0 fully saturated rings. The molecule has 0 spiro atoms. The van der Waals surface area contributed by atoms with E-state index in [0.29, 0.717) is 24.1 Å². The summed E-state index contributed by atoms with van der Waals surface area (Å²) in [6.07, 6.45) is 14.7. The molecule has 0 saturated carbocycles. The van der Waals surface area contributed by atoms with E-state index in [1.807, 2.05) is 0 Å². The molecule has 3 N–H and O–H groups in total. The third kappa shape index (κ3) is 13.2. The summed E-state index contributed by atoms with van der Waals surface area (Å²) in [6, 6.07) is 6.33. The van der Waals surface area contributed by atoms with Crippen LogP contribution in [-0.4, -0.2) is 15.4 Å². The van der Waals surface area contributed by atoms with E-state index >= 15 is 0 Å². The molecular weight excluding hydrogens is 442 g/mol. The van der Waals surface area contributed by atoms with Gasteiger partial charge in [0.1, 0.15) is 0 Å². The monoisotopic (exact) mass is 483 g/mol. The van der Waals surface area contributed by atoms with Crippen molar-refractivity contribution in [1.82, 2.24) is 0 Å². The Morgan fingerprint density at radius 1 is 0.844 bits per heavy atom. The van der Waals surface area contributed by atoms with Crippen LogP contribution < -0.4 is 5.73 Å². The molecule has 0 aliphatic carbocycles. The average Bonchev–Trinajstić information content (AvgIpc) is 2.73. The van der Waals surface area contributed by atoms with Gasteiger partial charge in [-0.15, -0.1) is 0 Å². The zero-order chi connectivity index (χ0) is 23.8. The number of hydrogen-bond donors (Lipinski definition) is 2. The van der Waals surface area contributed by atoms with E-state index < -0.39 is 30.5 Å². The summed E-state index contributed by atoms with van der Waals surface area (Å²) in [5.41, 5.74) is 6.53. The van der Waals surface area contributed by atoms with Gasteiger partial charge in [0, 0.05) is 0 Å². The third-order valence-electron chi connectivity index (χ3n) is 5.76. The van der Waals surface area contributed by atoms with Crippen LogP contribution in [0.5, 0.6) is 0 Å². The quantitative estimate of drug-likeness (QED) is 0.0856. The molecule has 0 saturated heterocycles. The first-order valence-electron chi connectivity index (χ1n) is 12.2. The maximum atomic E-state index is 12.7. The van der Waals surface area contributed by atoms with E-state index in [1.165, 1.54) is 51.4 Å². The number of Topliss-reactive ketones (excluding diaryl/α,β-unsaturated/α-hetero) is 1. The Morgan fingerprint density at radius 3 is 1.72 bits per heavy atom. The van der Waals surface area contributed by atoms with Gasteiger partial charge in [-0.1, -0.05) is 39.5 Å². The standard InChI is InChI=1S/C25H41NO3.H2O.O.Ti/c1-20(2)14-12-10-8-6-4-3-5-7-9-11-13-15-23(25(28)29)24(27)21-16-18-22(26)19-17-21;;;/h16-20,23H,3-15,26H2,1-2H3,(H,28,29);1H2;;/q;;;+2/p-2. The molecule has 7 heteroatoms. The van der Waals surface area contributed by atoms with Crippen LogP contribution in [0.4, 0.5) is 5.69 Å². The molecule has 32 heavy (non-hydrogen) atoms. The van der Waals surface area contributed by atoms with Crippen molar-refractivity contribution in [1.29, 1.82) is 0 Å². The number of nitrogen functional groups attached to an aromatic ring is 1. The van der Waals surface area contributed by atoms with Crippen LogP contribution in [0.25, 0.3) is 0 Å². The second kappa shape index (κ2) is 17.2. The van der Waals surface area contributed by atoms with Crippen molar-refractivity contribution >= 4 is 17.4 Å². The molecule has 1 aromatic rings. The summed E-state index contributed by atoms with van der Waals surface area (Å²) in [4.78, 5) is 25.0. The van der Waals surface area contributed by atoms with Gasteiger partial charge in [-0.25, -0.2) is 0 Å². The number of benzene rings is 1. The van der Waals surface area contributed by atoms with E-state index in [-0.39, 0.29) is 5.78 Å². The van der Waals surface area contributed by atoms with Gasteiger partial charge in [0.15, 0.2) is 0 Å². The Hall–Kier alpha value is -1.37. The van der Waals surface area contributed by atoms with Crippen LogP contribution in [0.3, 0.4) is 0 Å². The van der Waals surface area contributed by atoms with E-state index in [2.05, 4.69) is 17.2 Å². The number of anilines is 1. The van der Waals surface area contributed by atoms with Gasteiger partial charge < -0.3 is 0 Å². The van der Waals surface area contributed by atoms with Crippen molar-refractivity contribution in [2.75, 3.05) is 5.73 Å². The molecule has 0 aliphatic rings. The zero-order valence-electron chi connectivity index (χ0n) is 19.8. The Bertz CT molecular complexity index is 690. The summed E-state index contributed by atoms with van der Waals surface area (Å²) in [7, 11) is 0. The van der Waals surface area contributed by atoms with Crippen LogP contribution >= 0.6 is 0 Å². The molecule has 1 unspecified atom stereocenters. The molecule has 0 aromatic heterocycles. The molecule has 0 bridgehead atoms. The van der Waals surface area contributed by atoms with E-state index in [1.54, 1.807) is 24.3 Å². The number of rotatable bonds is 18. The van der Waals surface area contributed by atoms with Crippen molar-refractivity contribution < 1.29 is 38.5 Å². The molecule has 180 valence electrons. The number of hydrogen-bond acceptors (Lipinski definition) is 5. The van der Waals surface area contributed by atoms with Crippen molar-refractivity contribution in [3.05, 3.63) is 29.8 Å². The summed E-state index contributed by atoms with van der Waals surface area (Å²) in [6.45, 7) is 4.56. The van der Waals surface area contributed by atoms with Crippen molar-refractivity contribution in [3.63, 3.8) is 0 Å². The summed E-state index contributed by atoms with van der Waals surface area (Å²) in [5.74, 6) is -1.51. The van der Waals surface area contributed by atoms with Gasteiger partial charge in [0.05, 0.1) is 0 Å². The van der Waals surface area contributed by atoms with Crippen LogP contribution in [0.15, 0.2) is 24.3 Å². The first-order chi connectivity index (χ1) is 15.3. The molecule has 1 rings (SSSR count). The number of nitrogens with two attached hydrogens (primary N) is 1. The predicted octanol–water partition coefficient (Wildman–Crippen LogP) is 6.12. The maximum absolute atomic E-state index is 12.7. The third-order valence-corrected chi connectivity index (χ3v) is 6.35. The molecule has 1 atom stereocenters. The fourth-order valence-corrected chi connectivity index (χ4v) is 4.34. The van der Waals surface area contributed by atoms with Gasteiger partial charge in [-0.2, -0.15) is 0 Å². The molecular formula is C25H41NO5Ti. The normalized spacial score (nSPS) is 12.0. The fraction of sp³-hybridized carbons (Fsp3) is 0.680. The first kappa shape index (κ1) is 28.7. The van der Waals surface area contributed by atoms with Crippen molar-refractivity contribution in [3.8, 4) is 0 Å². The van der Waals surface area contributed by atoms with Gasteiger partial charge in [-0.05, 0) is 5.92 Å².